The number of hydrogen-bond acceptors (Lipinski definition) is 4. The lowest BCUT2D eigenvalue weighted by atomic mass is 9.93. The van der Waals surface area contributed by atoms with Gasteiger partial charge in [0.05, 0.1) is 11.4 Å². The molecule has 4 heteroatoms. The molecule has 2 rings (SSSR count). The molecule has 0 spiro atoms. The maximum Gasteiger partial charge on any atom is 0.206 e. The third-order valence-corrected chi connectivity index (χ3v) is 2.98. The maximum atomic E-state index is 11.5. The third kappa shape index (κ3) is 2.13. The number of hydrogen-bond donors (Lipinski definition) is 0. The second-order valence-electron chi connectivity index (χ2n) is 4.01. The number of rotatable bonds is 4. The molecule has 0 atom stereocenters. The molecule has 0 bridgehead atoms. The molecule has 0 aromatic carbocycles. The van der Waals surface area contributed by atoms with Gasteiger partial charge in [0.2, 0.25) is 5.60 Å². The summed E-state index contributed by atoms with van der Waals surface area (Å²) in [5.74, 6) is 0. The van der Waals surface area contributed by atoms with Crippen molar-refractivity contribution in [2.75, 3.05) is 7.11 Å². The minimum atomic E-state index is -1.13. The molecule has 2 aliphatic rings. The monoisotopic (exact) mass is 232 g/mol. The van der Waals surface area contributed by atoms with E-state index in [2.05, 4.69) is 9.98 Å². The van der Waals surface area contributed by atoms with Crippen LogP contribution in [0.1, 0.15) is 25.7 Å². The normalized spacial score (nSPS) is 19.8. The fourth-order valence-corrected chi connectivity index (χ4v) is 2.02. The summed E-state index contributed by atoms with van der Waals surface area (Å²) in [4.78, 5) is 20.1. The quantitative estimate of drug-likeness (QED) is 0.697. The Bertz CT molecular complexity index is 387. The summed E-state index contributed by atoms with van der Waals surface area (Å²) in [6.07, 6.45) is 11.9. The number of allylic oxidation sites excluding steroid dienone is 2. The van der Waals surface area contributed by atoms with Crippen LogP contribution in [-0.4, -0.2) is 31.4 Å². The molecule has 0 saturated carbocycles. The van der Waals surface area contributed by atoms with Gasteiger partial charge in [0.1, 0.15) is 0 Å². The van der Waals surface area contributed by atoms with E-state index < -0.39 is 5.60 Å². The van der Waals surface area contributed by atoms with Gasteiger partial charge in [0, 0.05) is 19.5 Å². The molecular formula is C13H16N2O2. The zero-order valence-corrected chi connectivity index (χ0v) is 9.93. The Morgan fingerprint density at radius 3 is 1.94 bits per heavy atom. The highest BCUT2D eigenvalue weighted by Gasteiger charge is 2.39. The van der Waals surface area contributed by atoms with E-state index >= 15 is 0 Å². The van der Waals surface area contributed by atoms with Crippen LogP contribution < -0.4 is 0 Å². The molecule has 0 aromatic rings. The van der Waals surface area contributed by atoms with Gasteiger partial charge in [-0.1, -0.05) is 12.2 Å². The van der Waals surface area contributed by atoms with Crippen LogP contribution in [0.25, 0.3) is 0 Å². The fraction of sp³-hybridized carbons (Fsp3) is 0.462. The molecule has 0 aromatic heterocycles. The molecule has 0 N–H and O–H groups in total. The van der Waals surface area contributed by atoms with Gasteiger partial charge >= 0.3 is 0 Å². The Morgan fingerprint density at radius 1 is 1.12 bits per heavy atom. The van der Waals surface area contributed by atoms with Crippen LogP contribution in [0.3, 0.4) is 0 Å². The summed E-state index contributed by atoms with van der Waals surface area (Å²) in [5.41, 5.74) is 0.159. The van der Waals surface area contributed by atoms with Crippen molar-refractivity contribution in [3.8, 4) is 0 Å². The average molecular weight is 232 g/mol. The van der Waals surface area contributed by atoms with Gasteiger partial charge in [-0.15, -0.1) is 0 Å². The zero-order valence-electron chi connectivity index (χ0n) is 9.93. The van der Waals surface area contributed by atoms with Crippen LogP contribution in [0.15, 0.2) is 33.5 Å². The van der Waals surface area contributed by atoms with Crippen LogP contribution in [0.4, 0.5) is 0 Å². The first-order valence-electron chi connectivity index (χ1n) is 5.81. The largest absolute Gasteiger partial charge is 0.358 e. The highest BCUT2D eigenvalue weighted by Crippen LogP contribution is 2.32. The molecule has 0 aliphatic carbocycles. The first-order chi connectivity index (χ1) is 8.33. The Kier molecular flexibility index (Phi) is 3.64. The van der Waals surface area contributed by atoms with Crippen LogP contribution in [0.5, 0.6) is 0 Å². The summed E-state index contributed by atoms with van der Waals surface area (Å²) in [7, 11) is 1.52. The van der Waals surface area contributed by atoms with E-state index in [9.17, 15) is 4.79 Å². The lowest BCUT2D eigenvalue weighted by molar-refractivity contribution is -0.120. The van der Waals surface area contributed by atoms with E-state index in [1.54, 1.807) is 0 Å². The van der Waals surface area contributed by atoms with Crippen molar-refractivity contribution in [3.05, 3.63) is 23.5 Å². The average Bonchev–Trinajstić information content (AvgIpc) is 2.43. The van der Waals surface area contributed by atoms with Crippen LogP contribution in [0, 0.1) is 0 Å². The van der Waals surface area contributed by atoms with E-state index in [-0.39, 0.29) is 0 Å². The molecular weight excluding hydrogens is 216 g/mol. The number of methoxy groups -OCH3 is 1. The lowest BCUT2D eigenvalue weighted by Gasteiger charge is -2.29. The molecule has 2 heterocycles. The zero-order chi connectivity index (χ0) is 12.1. The summed E-state index contributed by atoms with van der Waals surface area (Å²) in [6, 6.07) is 0. The van der Waals surface area contributed by atoms with Crippen LogP contribution >= 0.6 is 0 Å². The maximum absolute atomic E-state index is 11.5. The number of aldehydes is 1. The molecule has 0 saturated heterocycles. The molecule has 0 fully saturated rings. The van der Waals surface area contributed by atoms with Gasteiger partial charge < -0.3 is 4.74 Å². The standard InChI is InChI=1S/C13H16N2O2/c1-17-13(10-16,11-6-2-4-8-14-11)12-7-3-5-9-15-12/h6-10H,2-5H2,1H3. The van der Waals surface area contributed by atoms with Crippen LogP contribution in [-0.2, 0) is 9.53 Å². The Balaban J connectivity index is 2.41. The van der Waals surface area contributed by atoms with Crippen LogP contribution in [0.2, 0.25) is 0 Å². The molecule has 2 aliphatic heterocycles. The predicted molar refractivity (Wildman–Crippen MR) is 67.4 cm³/mol. The van der Waals surface area contributed by atoms with Crippen molar-refractivity contribution in [1.29, 1.82) is 0 Å². The van der Waals surface area contributed by atoms with Gasteiger partial charge in [-0.2, -0.15) is 0 Å². The van der Waals surface area contributed by atoms with E-state index in [0.717, 1.165) is 32.0 Å². The fourth-order valence-electron chi connectivity index (χ4n) is 2.02. The van der Waals surface area contributed by atoms with Crippen molar-refractivity contribution in [1.82, 2.24) is 0 Å². The second-order valence-corrected chi connectivity index (χ2v) is 4.01. The summed E-state index contributed by atoms with van der Waals surface area (Å²) < 4.78 is 5.43. The van der Waals surface area contributed by atoms with E-state index in [1.807, 2.05) is 24.6 Å². The highest BCUT2D eigenvalue weighted by atomic mass is 16.5. The Hall–Kier alpha value is -1.55. The van der Waals surface area contributed by atoms with E-state index in [0.29, 0.717) is 11.4 Å². The van der Waals surface area contributed by atoms with Crippen molar-refractivity contribution in [2.45, 2.75) is 31.3 Å². The molecule has 90 valence electrons. The highest BCUT2D eigenvalue weighted by molar-refractivity contribution is 5.78. The van der Waals surface area contributed by atoms with E-state index in [1.165, 1.54) is 7.11 Å². The smallest absolute Gasteiger partial charge is 0.206 e. The Labute approximate surface area is 101 Å². The minimum absolute atomic E-state index is 0.645. The van der Waals surface area contributed by atoms with Crippen molar-refractivity contribution >= 4 is 18.7 Å². The number of aliphatic imine (C=N–C) groups is 2. The SMILES string of the molecule is COC(C=O)(C1=CCCC=N1)C1=CCCC=N1. The molecule has 4 nitrogen and oxygen atoms in total. The third-order valence-electron chi connectivity index (χ3n) is 2.98. The van der Waals surface area contributed by atoms with Gasteiger partial charge in [0.25, 0.3) is 0 Å². The molecule has 0 amide bonds. The first-order valence-corrected chi connectivity index (χ1v) is 5.81. The topological polar surface area (TPSA) is 51.0 Å². The molecule has 0 radical (unpaired) electrons. The number of carbonyl (C=O) groups is 1. The van der Waals surface area contributed by atoms with Crippen molar-refractivity contribution in [2.24, 2.45) is 9.98 Å². The molecule has 0 unspecified atom stereocenters. The summed E-state index contributed by atoms with van der Waals surface area (Å²) in [6.45, 7) is 0. The first kappa shape index (κ1) is 11.9. The second kappa shape index (κ2) is 5.19. The van der Waals surface area contributed by atoms with Crippen molar-refractivity contribution < 1.29 is 9.53 Å². The summed E-state index contributed by atoms with van der Waals surface area (Å²) in [5, 5.41) is 0. The van der Waals surface area contributed by atoms with E-state index in [4.69, 9.17) is 4.74 Å². The predicted octanol–water partition coefficient (Wildman–Crippen LogP) is 2.07. The number of nitrogens with zero attached hydrogens (tertiary/aromatic N) is 2. The molecule has 17 heavy (non-hydrogen) atoms. The van der Waals surface area contributed by atoms with Gasteiger partial charge in [0.15, 0.2) is 6.29 Å². The van der Waals surface area contributed by atoms with Gasteiger partial charge in [-0.05, 0) is 25.7 Å². The summed E-state index contributed by atoms with van der Waals surface area (Å²) >= 11 is 0. The van der Waals surface area contributed by atoms with Crippen molar-refractivity contribution in [3.63, 3.8) is 0 Å². The lowest BCUT2D eigenvalue weighted by Crippen LogP contribution is -2.38. The van der Waals surface area contributed by atoms with Gasteiger partial charge in [-0.3, -0.25) is 14.8 Å². The minimum Gasteiger partial charge on any atom is -0.358 e. The van der Waals surface area contributed by atoms with Gasteiger partial charge in [-0.25, -0.2) is 0 Å². The number of ether oxygens (including phenoxy) is 1. The Morgan fingerprint density at radius 2 is 1.65 bits per heavy atom. The number of carbonyl (C=O) groups excluding carboxylic acids is 1.